The van der Waals surface area contributed by atoms with E-state index >= 15 is 0 Å². The molecule has 0 aromatic carbocycles. The van der Waals surface area contributed by atoms with Crippen molar-refractivity contribution in [2.75, 3.05) is 6.54 Å². The molecule has 6 heteroatoms. The maximum absolute atomic E-state index is 12.1. The summed E-state index contributed by atoms with van der Waals surface area (Å²) in [6.07, 6.45) is 0.976. The normalized spacial score (nSPS) is 22.5. The molecule has 1 fully saturated rings. The molecule has 0 aliphatic carbocycles. The first kappa shape index (κ1) is 13.5. The predicted molar refractivity (Wildman–Crippen MR) is 66.4 cm³/mol. The third-order valence-corrected chi connectivity index (χ3v) is 3.32. The summed E-state index contributed by atoms with van der Waals surface area (Å²) < 4.78 is 0. The lowest BCUT2D eigenvalue weighted by molar-refractivity contribution is -0.148. The number of carbonyl (C=O) groups is 2. The standard InChI is InChI=1S/C13H16N2O4/c1-8-3-2-4-14-10(8)6-12(17)15-7-9(16)5-11(15)13(18)19/h2-4,9,11,16H,5-7H2,1H3,(H,18,19). The molecule has 1 amide bonds. The van der Waals surface area contributed by atoms with Crippen molar-refractivity contribution < 1.29 is 19.8 Å². The number of aromatic nitrogens is 1. The molecule has 0 saturated carbocycles. The maximum Gasteiger partial charge on any atom is 0.326 e. The molecular weight excluding hydrogens is 248 g/mol. The third-order valence-electron chi connectivity index (χ3n) is 3.32. The van der Waals surface area contributed by atoms with Gasteiger partial charge in [-0.1, -0.05) is 6.07 Å². The number of carboxylic acid groups (broad SMARTS) is 1. The van der Waals surface area contributed by atoms with Gasteiger partial charge in [-0.2, -0.15) is 0 Å². The van der Waals surface area contributed by atoms with E-state index in [0.717, 1.165) is 5.56 Å². The van der Waals surface area contributed by atoms with E-state index < -0.39 is 18.1 Å². The van der Waals surface area contributed by atoms with Crippen molar-refractivity contribution in [1.29, 1.82) is 0 Å². The van der Waals surface area contributed by atoms with Gasteiger partial charge in [0.2, 0.25) is 5.91 Å². The molecule has 0 bridgehead atoms. The fraction of sp³-hybridized carbons (Fsp3) is 0.462. The summed E-state index contributed by atoms with van der Waals surface area (Å²) >= 11 is 0. The highest BCUT2D eigenvalue weighted by Crippen LogP contribution is 2.19. The van der Waals surface area contributed by atoms with Crippen LogP contribution in [0.1, 0.15) is 17.7 Å². The first-order valence-corrected chi connectivity index (χ1v) is 6.10. The Labute approximate surface area is 110 Å². The summed E-state index contributed by atoms with van der Waals surface area (Å²) in [5.74, 6) is -1.40. The van der Waals surface area contributed by atoms with Crippen LogP contribution in [0.4, 0.5) is 0 Å². The minimum Gasteiger partial charge on any atom is -0.480 e. The average molecular weight is 264 g/mol. The lowest BCUT2D eigenvalue weighted by Gasteiger charge is -2.21. The van der Waals surface area contributed by atoms with Gasteiger partial charge in [-0.25, -0.2) is 4.79 Å². The molecule has 0 spiro atoms. The number of aliphatic hydroxyl groups is 1. The van der Waals surface area contributed by atoms with Crippen LogP contribution in [0.2, 0.25) is 0 Å². The summed E-state index contributed by atoms with van der Waals surface area (Å²) in [5.41, 5.74) is 1.53. The number of carboxylic acids is 1. The van der Waals surface area contributed by atoms with Gasteiger partial charge in [0, 0.05) is 19.2 Å². The van der Waals surface area contributed by atoms with Gasteiger partial charge in [0.1, 0.15) is 6.04 Å². The highest BCUT2D eigenvalue weighted by molar-refractivity contribution is 5.85. The Bertz CT molecular complexity index is 503. The second-order valence-corrected chi connectivity index (χ2v) is 4.73. The number of aliphatic hydroxyl groups excluding tert-OH is 1. The molecule has 1 aliphatic rings. The van der Waals surface area contributed by atoms with Gasteiger partial charge in [0.15, 0.2) is 0 Å². The lowest BCUT2D eigenvalue weighted by atomic mass is 10.1. The second-order valence-electron chi connectivity index (χ2n) is 4.73. The number of hydrogen-bond donors (Lipinski definition) is 2. The smallest absolute Gasteiger partial charge is 0.326 e. The minimum absolute atomic E-state index is 0.0587. The summed E-state index contributed by atoms with van der Waals surface area (Å²) in [4.78, 5) is 28.5. The zero-order valence-electron chi connectivity index (χ0n) is 10.6. The molecule has 6 nitrogen and oxygen atoms in total. The quantitative estimate of drug-likeness (QED) is 0.800. The Morgan fingerprint density at radius 3 is 2.89 bits per heavy atom. The molecule has 2 N–H and O–H groups in total. The second kappa shape index (κ2) is 5.36. The number of hydrogen-bond acceptors (Lipinski definition) is 4. The number of nitrogens with zero attached hydrogens (tertiary/aromatic N) is 2. The summed E-state index contributed by atoms with van der Waals surface area (Å²) in [6.45, 7) is 1.92. The Kier molecular flexibility index (Phi) is 3.80. The molecule has 1 aliphatic heterocycles. The van der Waals surface area contributed by atoms with Crippen molar-refractivity contribution in [2.24, 2.45) is 0 Å². The predicted octanol–water partition coefficient (Wildman–Crippen LogP) is -0.0211. The highest BCUT2D eigenvalue weighted by Gasteiger charge is 2.38. The Morgan fingerprint density at radius 2 is 2.26 bits per heavy atom. The fourth-order valence-electron chi connectivity index (χ4n) is 2.27. The number of carbonyl (C=O) groups excluding carboxylic acids is 1. The van der Waals surface area contributed by atoms with Crippen molar-refractivity contribution in [1.82, 2.24) is 9.88 Å². The number of β-amino-alcohol motifs (C(OH)–C–C–N with tert-alkyl or cyclic N) is 1. The van der Waals surface area contributed by atoms with Gasteiger partial charge in [0.05, 0.1) is 18.2 Å². The number of pyridine rings is 1. The Balaban J connectivity index is 2.11. The summed E-state index contributed by atoms with van der Waals surface area (Å²) in [6, 6.07) is 2.69. The van der Waals surface area contributed by atoms with Crippen LogP contribution in [0.5, 0.6) is 0 Å². The van der Waals surface area contributed by atoms with Crippen LogP contribution in [-0.2, 0) is 16.0 Å². The number of aryl methyl sites for hydroxylation is 1. The number of aliphatic carboxylic acids is 1. The lowest BCUT2D eigenvalue weighted by Crippen LogP contribution is -2.41. The van der Waals surface area contributed by atoms with E-state index in [1.54, 1.807) is 12.3 Å². The summed E-state index contributed by atoms with van der Waals surface area (Å²) in [7, 11) is 0. The monoisotopic (exact) mass is 264 g/mol. The van der Waals surface area contributed by atoms with E-state index in [-0.39, 0.29) is 25.3 Å². The van der Waals surface area contributed by atoms with Crippen molar-refractivity contribution >= 4 is 11.9 Å². The zero-order valence-corrected chi connectivity index (χ0v) is 10.6. The van der Waals surface area contributed by atoms with Crippen LogP contribution in [-0.4, -0.2) is 50.7 Å². The first-order chi connectivity index (χ1) is 8.99. The molecular formula is C13H16N2O4. The van der Waals surface area contributed by atoms with Crippen LogP contribution < -0.4 is 0 Å². The van der Waals surface area contributed by atoms with E-state index in [4.69, 9.17) is 5.11 Å². The highest BCUT2D eigenvalue weighted by atomic mass is 16.4. The van der Waals surface area contributed by atoms with Crippen LogP contribution >= 0.6 is 0 Å². The molecule has 19 heavy (non-hydrogen) atoms. The molecule has 2 heterocycles. The molecule has 102 valence electrons. The van der Waals surface area contributed by atoms with Crippen LogP contribution in [0.3, 0.4) is 0 Å². The SMILES string of the molecule is Cc1cccnc1CC(=O)N1CC(O)CC1C(=O)O. The third kappa shape index (κ3) is 2.90. The van der Waals surface area contributed by atoms with Crippen LogP contribution in [0.25, 0.3) is 0 Å². The zero-order chi connectivity index (χ0) is 14.0. The van der Waals surface area contributed by atoms with E-state index in [9.17, 15) is 14.7 Å². The first-order valence-electron chi connectivity index (χ1n) is 6.10. The molecule has 1 aromatic rings. The van der Waals surface area contributed by atoms with Gasteiger partial charge < -0.3 is 15.1 Å². The maximum atomic E-state index is 12.1. The van der Waals surface area contributed by atoms with Gasteiger partial charge in [-0.3, -0.25) is 9.78 Å². The van der Waals surface area contributed by atoms with Gasteiger partial charge in [-0.15, -0.1) is 0 Å². The molecule has 0 radical (unpaired) electrons. The minimum atomic E-state index is -1.08. The molecule has 1 aromatic heterocycles. The number of likely N-dealkylation sites (tertiary alicyclic amines) is 1. The number of rotatable bonds is 3. The molecule has 2 atom stereocenters. The van der Waals surface area contributed by atoms with Crippen molar-refractivity contribution in [3.8, 4) is 0 Å². The van der Waals surface area contributed by atoms with E-state index in [0.29, 0.717) is 5.69 Å². The van der Waals surface area contributed by atoms with Crippen molar-refractivity contribution in [3.63, 3.8) is 0 Å². The number of amides is 1. The molecule has 2 rings (SSSR count). The van der Waals surface area contributed by atoms with Gasteiger partial charge in [-0.05, 0) is 18.6 Å². The van der Waals surface area contributed by atoms with Gasteiger partial charge >= 0.3 is 5.97 Å². The largest absolute Gasteiger partial charge is 0.480 e. The fourth-order valence-corrected chi connectivity index (χ4v) is 2.27. The average Bonchev–Trinajstić information content (AvgIpc) is 2.74. The van der Waals surface area contributed by atoms with E-state index in [1.807, 2.05) is 13.0 Å². The van der Waals surface area contributed by atoms with E-state index in [1.165, 1.54) is 4.90 Å². The van der Waals surface area contributed by atoms with E-state index in [2.05, 4.69) is 4.98 Å². The molecule has 1 saturated heterocycles. The van der Waals surface area contributed by atoms with Crippen LogP contribution in [0, 0.1) is 6.92 Å². The summed E-state index contributed by atoms with van der Waals surface area (Å²) in [5, 5.41) is 18.6. The Hall–Kier alpha value is -1.95. The molecule has 2 unspecified atom stereocenters. The van der Waals surface area contributed by atoms with Crippen LogP contribution in [0.15, 0.2) is 18.3 Å². The van der Waals surface area contributed by atoms with Crippen molar-refractivity contribution in [3.05, 3.63) is 29.6 Å². The topological polar surface area (TPSA) is 90.7 Å². The Morgan fingerprint density at radius 1 is 1.53 bits per heavy atom. The van der Waals surface area contributed by atoms with Crippen molar-refractivity contribution in [2.45, 2.75) is 31.9 Å². The van der Waals surface area contributed by atoms with Gasteiger partial charge in [0.25, 0.3) is 0 Å².